The molecular formula is C22H26N6O2. The molecule has 8 nitrogen and oxygen atoms in total. The van der Waals surface area contributed by atoms with Crippen molar-refractivity contribution in [2.45, 2.75) is 45.2 Å². The van der Waals surface area contributed by atoms with E-state index >= 15 is 0 Å². The van der Waals surface area contributed by atoms with Gasteiger partial charge in [-0.05, 0) is 30.4 Å². The van der Waals surface area contributed by atoms with Crippen molar-refractivity contribution < 1.29 is 4.74 Å². The number of ether oxygens (including phenoxy) is 1. The molecular weight excluding hydrogens is 380 g/mol. The van der Waals surface area contributed by atoms with E-state index in [0.29, 0.717) is 37.0 Å². The van der Waals surface area contributed by atoms with Gasteiger partial charge in [-0.15, -0.1) is 0 Å². The van der Waals surface area contributed by atoms with Crippen molar-refractivity contribution in [3.8, 4) is 11.3 Å². The van der Waals surface area contributed by atoms with E-state index in [4.69, 9.17) is 15.5 Å². The third-order valence-electron chi connectivity index (χ3n) is 6.08. The molecule has 3 N–H and O–H groups in total. The number of pyridine rings is 2. The van der Waals surface area contributed by atoms with Crippen molar-refractivity contribution in [2.24, 2.45) is 5.41 Å². The van der Waals surface area contributed by atoms with Crippen LogP contribution in [0.1, 0.15) is 32.6 Å². The van der Waals surface area contributed by atoms with Gasteiger partial charge in [0.2, 0.25) is 5.95 Å². The second-order valence-electron chi connectivity index (χ2n) is 8.83. The van der Waals surface area contributed by atoms with Crippen molar-refractivity contribution in [3.05, 3.63) is 41.1 Å². The maximum absolute atomic E-state index is 13.4. The monoisotopic (exact) mass is 406 g/mol. The van der Waals surface area contributed by atoms with E-state index in [2.05, 4.69) is 22.2 Å². The van der Waals surface area contributed by atoms with Gasteiger partial charge in [0.25, 0.3) is 5.56 Å². The van der Waals surface area contributed by atoms with Crippen LogP contribution in [0.25, 0.3) is 22.0 Å². The van der Waals surface area contributed by atoms with Crippen molar-refractivity contribution in [2.75, 3.05) is 24.3 Å². The molecule has 0 amide bonds. The van der Waals surface area contributed by atoms with Crippen LogP contribution in [0.15, 0.2) is 35.5 Å². The second-order valence-corrected chi connectivity index (χ2v) is 8.83. The van der Waals surface area contributed by atoms with Crippen molar-refractivity contribution in [1.82, 2.24) is 19.5 Å². The van der Waals surface area contributed by atoms with Gasteiger partial charge >= 0.3 is 0 Å². The van der Waals surface area contributed by atoms with Gasteiger partial charge in [0.15, 0.2) is 0 Å². The molecule has 30 heavy (non-hydrogen) atoms. The Morgan fingerprint density at radius 1 is 1.27 bits per heavy atom. The molecule has 1 aliphatic carbocycles. The summed E-state index contributed by atoms with van der Waals surface area (Å²) in [5.41, 5.74) is 7.10. The van der Waals surface area contributed by atoms with Crippen LogP contribution in [0.3, 0.4) is 0 Å². The molecule has 156 valence electrons. The Labute approximate surface area is 174 Å². The molecule has 3 aromatic heterocycles. The zero-order valence-electron chi connectivity index (χ0n) is 17.1. The number of fused-ring (bicyclic) bond motifs is 1. The minimum Gasteiger partial charge on any atom is -0.380 e. The summed E-state index contributed by atoms with van der Waals surface area (Å²) in [6.07, 6.45) is 9.77. The van der Waals surface area contributed by atoms with Crippen molar-refractivity contribution in [1.29, 1.82) is 0 Å². The summed E-state index contributed by atoms with van der Waals surface area (Å²) < 4.78 is 7.15. The molecule has 8 heteroatoms. The number of rotatable bonds is 5. The molecule has 0 aromatic carbocycles. The van der Waals surface area contributed by atoms with Crippen LogP contribution in [0.4, 0.5) is 11.8 Å². The van der Waals surface area contributed by atoms with E-state index < -0.39 is 0 Å². The molecule has 4 heterocycles. The number of nitrogen functional groups attached to an aromatic ring is 1. The van der Waals surface area contributed by atoms with Gasteiger partial charge in [-0.25, -0.2) is 15.0 Å². The van der Waals surface area contributed by atoms with Crippen LogP contribution in [-0.2, 0) is 11.3 Å². The van der Waals surface area contributed by atoms with Crippen molar-refractivity contribution in [3.63, 3.8) is 0 Å². The highest BCUT2D eigenvalue weighted by Crippen LogP contribution is 2.31. The number of nitrogens with two attached hydrogens (primary N) is 1. The van der Waals surface area contributed by atoms with E-state index in [9.17, 15) is 4.79 Å². The Balaban J connectivity index is 1.62. The fourth-order valence-corrected chi connectivity index (χ4v) is 4.37. The maximum atomic E-state index is 13.4. The Morgan fingerprint density at radius 3 is 2.67 bits per heavy atom. The smallest absolute Gasteiger partial charge is 0.262 e. The molecule has 0 atom stereocenters. The summed E-state index contributed by atoms with van der Waals surface area (Å²) in [7, 11) is 0. The molecule has 0 unspecified atom stereocenters. The van der Waals surface area contributed by atoms with Crippen LogP contribution in [0.5, 0.6) is 0 Å². The normalized spacial score (nSPS) is 18.4. The zero-order chi connectivity index (χ0) is 20.7. The van der Waals surface area contributed by atoms with Gasteiger partial charge in [-0.3, -0.25) is 4.79 Å². The lowest BCUT2D eigenvalue weighted by molar-refractivity contribution is -0.110. The highest BCUT2D eigenvalue weighted by atomic mass is 16.5. The lowest BCUT2D eigenvalue weighted by Crippen LogP contribution is -2.45. The maximum Gasteiger partial charge on any atom is 0.262 e. The number of nitrogens with zero attached hydrogens (tertiary/aromatic N) is 4. The predicted molar refractivity (Wildman–Crippen MR) is 116 cm³/mol. The van der Waals surface area contributed by atoms with Gasteiger partial charge in [0, 0.05) is 42.2 Å². The second kappa shape index (κ2) is 7.36. The van der Waals surface area contributed by atoms with E-state index in [1.54, 1.807) is 17.0 Å². The Morgan fingerprint density at radius 2 is 2.00 bits per heavy atom. The van der Waals surface area contributed by atoms with E-state index in [-0.39, 0.29) is 16.9 Å². The summed E-state index contributed by atoms with van der Waals surface area (Å²) in [6.45, 7) is 4.14. The largest absolute Gasteiger partial charge is 0.380 e. The summed E-state index contributed by atoms with van der Waals surface area (Å²) >= 11 is 0. The number of anilines is 2. The SMILES string of the molecule is CC1(Cn2ccc3cc(-c4cnc(N)nc4)nc(NC4CCCC4)c3c2=O)COC1. The van der Waals surface area contributed by atoms with Crippen LogP contribution >= 0.6 is 0 Å². The van der Waals surface area contributed by atoms with E-state index in [1.165, 1.54) is 12.8 Å². The van der Waals surface area contributed by atoms with Gasteiger partial charge in [-0.2, -0.15) is 0 Å². The molecule has 1 saturated carbocycles. The molecule has 0 spiro atoms. The lowest BCUT2D eigenvalue weighted by Gasteiger charge is -2.38. The quantitative estimate of drug-likeness (QED) is 0.671. The fourth-order valence-electron chi connectivity index (χ4n) is 4.37. The van der Waals surface area contributed by atoms with Gasteiger partial charge in [-0.1, -0.05) is 19.8 Å². The molecule has 2 aliphatic rings. The van der Waals surface area contributed by atoms with E-state index in [1.807, 2.05) is 18.3 Å². The van der Waals surface area contributed by atoms with Crippen molar-refractivity contribution >= 4 is 22.5 Å². The molecule has 0 radical (unpaired) electrons. The molecule has 2 fully saturated rings. The third kappa shape index (κ3) is 3.52. The third-order valence-corrected chi connectivity index (χ3v) is 6.08. The van der Waals surface area contributed by atoms with Crippen LogP contribution in [-0.4, -0.2) is 38.8 Å². The molecule has 5 rings (SSSR count). The topological polar surface area (TPSA) is 108 Å². The molecule has 1 saturated heterocycles. The number of hydrogen-bond donors (Lipinski definition) is 2. The highest BCUT2D eigenvalue weighted by molar-refractivity contribution is 5.94. The van der Waals surface area contributed by atoms with E-state index in [0.717, 1.165) is 29.5 Å². The molecule has 0 bridgehead atoms. The minimum atomic E-state index is -0.0197. The first kappa shape index (κ1) is 19.0. The van der Waals surface area contributed by atoms with Gasteiger partial charge in [0.1, 0.15) is 5.82 Å². The predicted octanol–water partition coefficient (Wildman–Crippen LogP) is 2.83. The first-order valence-electron chi connectivity index (χ1n) is 10.5. The average Bonchev–Trinajstić information content (AvgIpc) is 3.22. The summed E-state index contributed by atoms with van der Waals surface area (Å²) in [5, 5.41) is 5.04. The fraction of sp³-hybridized carbons (Fsp3) is 0.455. The molecule has 3 aromatic rings. The Kier molecular flexibility index (Phi) is 4.66. The number of hydrogen-bond acceptors (Lipinski definition) is 7. The standard InChI is InChI=1S/C22H26N6O2/c1-22(12-30-13-22)11-28-7-6-14-8-17(15-9-24-21(23)25-10-15)27-19(18(14)20(28)29)26-16-4-2-3-5-16/h6-10,16H,2-5,11-13H2,1H3,(H,26,27)(H2,23,24,25). The number of aromatic nitrogens is 4. The van der Waals surface area contributed by atoms with Crippen LogP contribution < -0.4 is 16.6 Å². The lowest BCUT2D eigenvalue weighted by atomic mass is 9.88. The summed E-state index contributed by atoms with van der Waals surface area (Å²) in [4.78, 5) is 26.4. The first-order chi connectivity index (χ1) is 14.5. The molecule has 1 aliphatic heterocycles. The average molecular weight is 406 g/mol. The minimum absolute atomic E-state index is 0.00518. The Bertz CT molecular complexity index is 1130. The van der Waals surface area contributed by atoms with Crippen LogP contribution in [0, 0.1) is 5.41 Å². The van der Waals surface area contributed by atoms with Gasteiger partial charge in [0.05, 0.1) is 24.3 Å². The zero-order valence-corrected chi connectivity index (χ0v) is 17.1. The Hall–Kier alpha value is -3.00. The number of nitrogens with one attached hydrogen (secondary N) is 1. The van der Waals surface area contributed by atoms with Gasteiger partial charge < -0.3 is 20.4 Å². The summed E-state index contributed by atoms with van der Waals surface area (Å²) in [5.74, 6) is 0.862. The summed E-state index contributed by atoms with van der Waals surface area (Å²) in [6, 6.07) is 4.25. The first-order valence-corrected chi connectivity index (χ1v) is 10.5. The van der Waals surface area contributed by atoms with Crippen LogP contribution in [0.2, 0.25) is 0 Å². The highest BCUT2D eigenvalue weighted by Gasteiger charge is 2.34.